The van der Waals surface area contributed by atoms with Crippen molar-refractivity contribution in [2.75, 3.05) is 24.3 Å². The van der Waals surface area contributed by atoms with E-state index in [2.05, 4.69) is 25.5 Å². The van der Waals surface area contributed by atoms with Crippen LogP contribution < -0.4 is 15.8 Å². The number of anilines is 2. The van der Waals surface area contributed by atoms with Gasteiger partial charge in [0.1, 0.15) is 16.6 Å². The van der Waals surface area contributed by atoms with Crippen LogP contribution in [0.25, 0.3) is 11.3 Å². The molecule has 0 bridgehead atoms. The summed E-state index contributed by atoms with van der Waals surface area (Å²) in [6, 6.07) is 9.36. The average molecular weight is 484 g/mol. The van der Waals surface area contributed by atoms with Crippen molar-refractivity contribution >= 4 is 39.8 Å². The monoisotopic (exact) mass is 483 g/mol. The molecule has 1 aromatic carbocycles. The molecule has 2 aromatic heterocycles. The lowest BCUT2D eigenvalue weighted by Gasteiger charge is -2.14. The molecule has 9 nitrogen and oxygen atoms in total. The number of amides is 1. The highest BCUT2D eigenvalue weighted by atomic mass is 32.2. The number of nitriles is 1. The van der Waals surface area contributed by atoms with Crippen LogP contribution in [-0.4, -0.2) is 45.4 Å². The Labute approximate surface area is 200 Å². The van der Waals surface area contributed by atoms with Gasteiger partial charge in [-0.15, -0.1) is 10.2 Å². The first-order valence-electron chi connectivity index (χ1n) is 10.4. The minimum absolute atomic E-state index is 0.0653. The van der Waals surface area contributed by atoms with Crippen molar-refractivity contribution in [3.63, 3.8) is 0 Å². The van der Waals surface area contributed by atoms with E-state index in [4.69, 9.17) is 0 Å². The first-order valence-corrected chi connectivity index (χ1v) is 12.1. The number of H-pyrrole nitrogens is 1. The van der Waals surface area contributed by atoms with E-state index in [1.165, 1.54) is 11.3 Å². The summed E-state index contributed by atoms with van der Waals surface area (Å²) in [7, 11) is 3.86. The molecule has 0 saturated carbocycles. The fourth-order valence-electron chi connectivity index (χ4n) is 2.90. The minimum atomic E-state index is -0.539. The Morgan fingerprint density at radius 1 is 1.27 bits per heavy atom. The lowest BCUT2D eigenvalue weighted by atomic mass is 10.1. The molecule has 1 atom stereocenters. The van der Waals surface area contributed by atoms with E-state index >= 15 is 0 Å². The Morgan fingerprint density at radius 3 is 2.52 bits per heavy atom. The number of rotatable bonds is 8. The summed E-state index contributed by atoms with van der Waals surface area (Å²) in [4.78, 5) is 34.5. The van der Waals surface area contributed by atoms with Crippen LogP contribution in [0.15, 0.2) is 34.2 Å². The summed E-state index contributed by atoms with van der Waals surface area (Å²) in [5.41, 5.74) is 1.32. The van der Waals surface area contributed by atoms with E-state index in [1.807, 2.05) is 70.1 Å². The van der Waals surface area contributed by atoms with E-state index in [0.717, 1.165) is 22.5 Å². The summed E-state index contributed by atoms with van der Waals surface area (Å²) in [5.74, 6) is -0.0273. The maximum absolute atomic E-state index is 12.8. The van der Waals surface area contributed by atoms with E-state index < -0.39 is 10.8 Å². The van der Waals surface area contributed by atoms with Gasteiger partial charge in [0.25, 0.3) is 5.56 Å². The maximum atomic E-state index is 12.8. The molecule has 0 spiro atoms. The first-order chi connectivity index (χ1) is 15.7. The predicted molar refractivity (Wildman–Crippen MR) is 132 cm³/mol. The van der Waals surface area contributed by atoms with Crippen molar-refractivity contribution < 1.29 is 4.79 Å². The minimum Gasteiger partial charge on any atom is -0.378 e. The Kier molecular flexibility index (Phi) is 7.84. The average Bonchev–Trinajstić information content (AvgIpc) is 3.26. The third-order valence-corrected chi connectivity index (χ3v) is 7.14. The van der Waals surface area contributed by atoms with Gasteiger partial charge in [-0.1, -0.05) is 56.0 Å². The van der Waals surface area contributed by atoms with Crippen LogP contribution in [0, 0.1) is 11.3 Å². The molecule has 0 radical (unpaired) electrons. The number of hydrogen-bond donors (Lipinski definition) is 2. The van der Waals surface area contributed by atoms with Gasteiger partial charge in [0.2, 0.25) is 11.0 Å². The summed E-state index contributed by atoms with van der Waals surface area (Å²) >= 11 is 2.48. The normalized spacial score (nSPS) is 11.8. The molecule has 3 aromatic rings. The van der Waals surface area contributed by atoms with Gasteiger partial charge in [-0.25, -0.2) is 4.98 Å². The zero-order valence-electron chi connectivity index (χ0n) is 19.0. The third-order valence-electron chi connectivity index (χ3n) is 4.75. The van der Waals surface area contributed by atoms with Gasteiger partial charge in [0.05, 0.1) is 10.9 Å². The Hall–Kier alpha value is -3.23. The van der Waals surface area contributed by atoms with Crippen LogP contribution in [0.3, 0.4) is 0 Å². The molecule has 33 heavy (non-hydrogen) atoms. The topological polar surface area (TPSA) is 128 Å². The summed E-state index contributed by atoms with van der Waals surface area (Å²) in [6.07, 6.45) is 0.503. The van der Waals surface area contributed by atoms with Gasteiger partial charge in [0, 0.05) is 31.3 Å². The fourth-order valence-corrected chi connectivity index (χ4v) is 4.55. The smallest absolute Gasteiger partial charge is 0.270 e. The quantitative estimate of drug-likeness (QED) is 0.365. The Balaban J connectivity index is 1.86. The molecule has 3 rings (SSSR count). The molecular formula is C22H25N7O2S2. The van der Waals surface area contributed by atoms with Gasteiger partial charge in [-0.05, 0) is 18.6 Å². The van der Waals surface area contributed by atoms with Gasteiger partial charge in [0.15, 0.2) is 5.16 Å². The Morgan fingerprint density at radius 2 is 1.97 bits per heavy atom. The number of carbonyl (C=O) groups excluding carboxylic acids is 1. The summed E-state index contributed by atoms with van der Waals surface area (Å²) < 4.78 is 0. The predicted octanol–water partition coefficient (Wildman–Crippen LogP) is 3.86. The third kappa shape index (κ3) is 5.77. The second kappa shape index (κ2) is 10.6. The van der Waals surface area contributed by atoms with Crippen LogP contribution >= 0.6 is 23.1 Å². The zero-order chi connectivity index (χ0) is 24.1. The molecule has 0 aliphatic carbocycles. The number of hydrogen-bond acceptors (Lipinski definition) is 9. The van der Waals surface area contributed by atoms with Crippen LogP contribution in [0.5, 0.6) is 0 Å². The standard InChI is InChI=1S/C22H25N7O2S2/c1-6-16(19(31)26-22-28-27-20(33-22)12(2)3)32-21-24-17(15(11-23)18(30)25-21)13-7-9-14(10-8-13)29(4)5/h7-10,12,16H,6H2,1-5H3,(H,24,25,30)(H,26,28,31). The van der Waals surface area contributed by atoms with Gasteiger partial charge in [-0.3, -0.25) is 14.9 Å². The summed E-state index contributed by atoms with van der Waals surface area (Å²) in [6.45, 7) is 5.89. The van der Waals surface area contributed by atoms with Gasteiger partial charge >= 0.3 is 0 Å². The van der Waals surface area contributed by atoms with Crippen molar-refractivity contribution in [2.45, 2.75) is 43.5 Å². The Bertz CT molecular complexity index is 1230. The van der Waals surface area contributed by atoms with Crippen LogP contribution in [0.4, 0.5) is 10.8 Å². The van der Waals surface area contributed by atoms with E-state index in [-0.39, 0.29) is 28.2 Å². The van der Waals surface area contributed by atoms with Crippen molar-refractivity contribution in [1.82, 2.24) is 20.2 Å². The number of carbonyl (C=O) groups is 1. The largest absolute Gasteiger partial charge is 0.378 e. The molecule has 1 unspecified atom stereocenters. The van der Waals surface area contributed by atoms with Crippen molar-refractivity contribution in [3.05, 3.63) is 45.2 Å². The number of nitrogens with zero attached hydrogens (tertiary/aromatic N) is 5. The SMILES string of the molecule is CCC(Sc1nc(-c2ccc(N(C)C)cc2)c(C#N)c(=O)[nH]1)C(=O)Nc1nnc(C(C)C)s1. The number of aromatic amines is 1. The number of aromatic nitrogens is 4. The zero-order valence-corrected chi connectivity index (χ0v) is 20.7. The van der Waals surface area contributed by atoms with Crippen molar-refractivity contribution in [2.24, 2.45) is 0 Å². The van der Waals surface area contributed by atoms with Crippen molar-refractivity contribution in [3.8, 4) is 17.3 Å². The maximum Gasteiger partial charge on any atom is 0.270 e. The van der Waals surface area contributed by atoms with Crippen LogP contribution in [-0.2, 0) is 4.79 Å². The second-order valence-corrected chi connectivity index (χ2v) is 9.95. The van der Waals surface area contributed by atoms with E-state index in [1.54, 1.807) is 0 Å². The molecule has 172 valence electrons. The highest BCUT2D eigenvalue weighted by Crippen LogP contribution is 2.28. The van der Waals surface area contributed by atoms with Crippen LogP contribution in [0.2, 0.25) is 0 Å². The fraction of sp³-hybridized carbons (Fsp3) is 0.364. The lowest BCUT2D eigenvalue weighted by Crippen LogP contribution is -2.25. The molecule has 0 saturated heterocycles. The van der Waals surface area contributed by atoms with Gasteiger partial charge in [-0.2, -0.15) is 5.26 Å². The number of benzene rings is 1. The number of nitrogens with one attached hydrogen (secondary N) is 2. The van der Waals surface area contributed by atoms with E-state index in [0.29, 0.717) is 17.1 Å². The second-order valence-electron chi connectivity index (χ2n) is 7.75. The first kappa shape index (κ1) is 24.4. The molecular weight excluding hydrogens is 458 g/mol. The molecule has 11 heteroatoms. The number of thioether (sulfide) groups is 1. The molecule has 0 aliphatic rings. The molecule has 2 heterocycles. The van der Waals surface area contributed by atoms with Gasteiger partial charge < -0.3 is 9.88 Å². The summed E-state index contributed by atoms with van der Waals surface area (Å²) in [5, 5.41) is 21.5. The molecule has 2 N–H and O–H groups in total. The highest BCUT2D eigenvalue weighted by molar-refractivity contribution is 8.00. The molecule has 1 amide bonds. The molecule has 0 aliphatic heterocycles. The van der Waals surface area contributed by atoms with Crippen LogP contribution in [0.1, 0.15) is 43.7 Å². The molecule has 0 fully saturated rings. The van der Waals surface area contributed by atoms with E-state index in [9.17, 15) is 14.9 Å². The lowest BCUT2D eigenvalue weighted by molar-refractivity contribution is -0.115. The van der Waals surface area contributed by atoms with Crippen molar-refractivity contribution in [1.29, 1.82) is 5.26 Å². The highest BCUT2D eigenvalue weighted by Gasteiger charge is 2.23.